The van der Waals surface area contributed by atoms with Crippen LogP contribution in [-0.2, 0) is 89.0 Å². The maximum absolute atomic E-state index is 15.4. The van der Waals surface area contributed by atoms with Gasteiger partial charge in [-0.15, -0.1) is 0 Å². The summed E-state index contributed by atoms with van der Waals surface area (Å²) in [5, 5.41) is 25.4. The lowest BCUT2D eigenvalue weighted by Gasteiger charge is -2.36. The maximum Gasteiger partial charge on any atom is 0.343 e. The van der Waals surface area contributed by atoms with Crippen molar-refractivity contribution in [2.24, 2.45) is 17.3 Å². The lowest BCUT2D eigenvalue weighted by Crippen LogP contribution is -2.51. The van der Waals surface area contributed by atoms with Gasteiger partial charge in [0.15, 0.2) is 12.2 Å². The molecule has 1 saturated carbocycles. The Kier molecular flexibility index (Phi) is 17.9. The number of halogens is 1. The van der Waals surface area contributed by atoms with Crippen molar-refractivity contribution in [1.82, 2.24) is 41.0 Å². The van der Waals surface area contributed by atoms with Crippen molar-refractivity contribution < 1.29 is 66.9 Å². The third kappa shape index (κ3) is 12.6. The Hall–Kier alpha value is -7.92. The standard InChI is InChI=1S/C60H71FN8O14/c1-6-59(4,5)40-24-49(73)68(57(40)78)19-13-9-12-16-46(70)62-27-50(74)81-30-48(72)65-44(20-33-14-10-8-11-15-33)55(76)63-26-47(71)64-31-83-35-21-34(22-35)54(75)67-42-18-17-36-32(3)41(61)25-43-51(36)52(42)37-28-69-45(53(37)66-43)23-39-38(56(69)77)29-82-58(79)60(39,80)7-2/h8,10-11,14-15,23,25,34-35,40,42,44,80H,6-7,9,12-13,16-22,24,26-31H2,1-5H3,(H,62,70)(H,63,76)(H,64,71)(H,65,72)(H,67,75)/t34-,35+,40?,42-,44-,60-/m0/s1. The number of cyclic esters (lactones) is 1. The Morgan fingerprint density at radius 3 is 2.42 bits per heavy atom. The van der Waals surface area contributed by atoms with E-state index in [0.717, 1.165) is 17.5 Å². The number of hydrogen-bond donors (Lipinski definition) is 6. The van der Waals surface area contributed by atoms with Gasteiger partial charge in [-0.3, -0.25) is 48.1 Å². The van der Waals surface area contributed by atoms with Crippen molar-refractivity contribution in [3.8, 4) is 11.4 Å². The van der Waals surface area contributed by atoms with Crippen LogP contribution in [0.3, 0.4) is 0 Å². The molecule has 5 heterocycles. The van der Waals surface area contributed by atoms with E-state index in [1.807, 2.05) is 20.8 Å². The van der Waals surface area contributed by atoms with Gasteiger partial charge in [-0.1, -0.05) is 70.9 Å². The van der Waals surface area contributed by atoms with Crippen molar-refractivity contribution in [3.05, 3.63) is 97.6 Å². The highest BCUT2D eigenvalue weighted by atomic mass is 19.1. The second-order valence-electron chi connectivity index (χ2n) is 22.9. The van der Waals surface area contributed by atoms with Crippen molar-refractivity contribution in [3.63, 3.8) is 0 Å². The fourth-order valence-electron chi connectivity index (χ4n) is 11.8. The summed E-state index contributed by atoms with van der Waals surface area (Å²) in [5.74, 6) is -6.00. The average Bonchev–Trinajstić information content (AvgIpc) is 1.91. The van der Waals surface area contributed by atoms with E-state index in [0.29, 0.717) is 83.9 Å². The fourth-order valence-corrected chi connectivity index (χ4v) is 11.8. The van der Waals surface area contributed by atoms with E-state index in [2.05, 4.69) is 26.6 Å². The van der Waals surface area contributed by atoms with Crippen LogP contribution in [-0.4, -0.2) is 118 Å². The Bertz CT molecular complexity index is 3340. The first-order valence-electron chi connectivity index (χ1n) is 28.5. The summed E-state index contributed by atoms with van der Waals surface area (Å²) >= 11 is 0. The summed E-state index contributed by atoms with van der Waals surface area (Å²) in [6, 6.07) is 10.1. The monoisotopic (exact) mass is 1150 g/mol. The Morgan fingerprint density at radius 1 is 0.928 bits per heavy atom. The van der Waals surface area contributed by atoms with E-state index >= 15 is 4.39 Å². The summed E-state index contributed by atoms with van der Waals surface area (Å²) in [6.45, 7) is 7.44. The molecular formula is C60H71FN8O14. The van der Waals surface area contributed by atoms with Gasteiger partial charge in [-0.25, -0.2) is 14.2 Å². The number of ether oxygens (including phenoxy) is 3. The van der Waals surface area contributed by atoms with Crippen LogP contribution in [0.5, 0.6) is 0 Å². The van der Waals surface area contributed by atoms with Crippen LogP contribution < -0.4 is 32.1 Å². The van der Waals surface area contributed by atoms with Crippen molar-refractivity contribution in [2.45, 2.75) is 149 Å². The molecule has 1 unspecified atom stereocenters. The van der Waals surface area contributed by atoms with Crippen LogP contribution in [0.2, 0.25) is 0 Å². The first-order chi connectivity index (χ1) is 39.6. The minimum Gasteiger partial charge on any atom is -0.458 e. The van der Waals surface area contributed by atoms with Crippen LogP contribution in [0.25, 0.3) is 22.3 Å². The molecule has 2 fully saturated rings. The number of aryl methyl sites for hydroxylation is 1. The number of benzene rings is 2. The number of fused-ring (bicyclic) bond motifs is 5. The van der Waals surface area contributed by atoms with E-state index in [1.165, 1.54) is 15.5 Å². The van der Waals surface area contributed by atoms with Gasteiger partial charge in [0.1, 0.15) is 31.7 Å². The highest BCUT2D eigenvalue weighted by molar-refractivity contribution is 6.04. The normalized spacial score (nSPS) is 20.8. The molecule has 4 atom stereocenters. The van der Waals surface area contributed by atoms with Crippen LogP contribution in [0, 0.1) is 30.0 Å². The molecule has 2 aromatic heterocycles. The number of pyridine rings is 2. The molecule has 7 amide bonds. The third-order valence-electron chi connectivity index (χ3n) is 17.3. The topological polar surface area (TPSA) is 300 Å². The second kappa shape index (κ2) is 24.9. The first kappa shape index (κ1) is 59.7. The molecule has 0 spiro atoms. The number of carbonyl (C=O) groups is 9. The number of likely N-dealkylation sites (tertiary alicyclic amines) is 1. The molecule has 0 radical (unpaired) electrons. The fraction of sp³-hybridized carbons (Fsp3) is 0.517. The van der Waals surface area contributed by atoms with Gasteiger partial charge in [-0.2, -0.15) is 0 Å². The van der Waals surface area contributed by atoms with E-state index in [1.54, 1.807) is 50.2 Å². The summed E-state index contributed by atoms with van der Waals surface area (Å²) in [6.07, 6.45) is 3.90. The lowest BCUT2D eigenvalue weighted by atomic mass is 9.76. The van der Waals surface area contributed by atoms with Gasteiger partial charge >= 0.3 is 11.9 Å². The van der Waals surface area contributed by atoms with Gasteiger partial charge in [-0.05, 0) is 85.6 Å². The van der Waals surface area contributed by atoms with Crippen molar-refractivity contribution in [2.75, 3.05) is 33.0 Å². The zero-order valence-corrected chi connectivity index (χ0v) is 47.3. The van der Waals surface area contributed by atoms with Gasteiger partial charge in [0.25, 0.3) is 11.5 Å². The minimum atomic E-state index is -2.03. The molecule has 1 saturated heterocycles. The maximum atomic E-state index is 15.4. The number of aromatic nitrogens is 2. The average molecular weight is 1150 g/mol. The number of amides is 7. The third-order valence-corrected chi connectivity index (χ3v) is 17.3. The molecule has 5 aliphatic rings. The zero-order chi connectivity index (χ0) is 59.5. The quantitative estimate of drug-likeness (QED) is 0.0223. The number of nitrogens with zero attached hydrogens (tertiary/aromatic N) is 3. The van der Waals surface area contributed by atoms with Crippen molar-refractivity contribution >= 4 is 64.2 Å². The smallest absolute Gasteiger partial charge is 0.343 e. The number of carbonyl (C=O) groups excluding carboxylic acids is 9. The molecule has 4 aromatic rings. The van der Waals surface area contributed by atoms with E-state index < -0.39 is 90.2 Å². The summed E-state index contributed by atoms with van der Waals surface area (Å²) < 4.78 is 33.1. The predicted molar refractivity (Wildman–Crippen MR) is 295 cm³/mol. The molecule has 442 valence electrons. The lowest BCUT2D eigenvalue weighted by molar-refractivity contribution is -0.172. The molecule has 2 aromatic carbocycles. The number of rotatable bonds is 24. The molecule has 23 heteroatoms. The second-order valence-corrected chi connectivity index (χ2v) is 22.9. The van der Waals surface area contributed by atoms with Crippen LogP contribution in [0.4, 0.5) is 4.39 Å². The molecular weight excluding hydrogens is 1080 g/mol. The number of aliphatic hydroxyl groups is 1. The van der Waals surface area contributed by atoms with Gasteiger partial charge in [0.2, 0.25) is 35.4 Å². The van der Waals surface area contributed by atoms with Crippen LogP contribution in [0.1, 0.15) is 137 Å². The Morgan fingerprint density at radius 2 is 1.69 bits per heavy atom. The number of imide groups is 1. The summed E-state index contributed by atoms with van der Waals surface area (Å²) in [5.41, 5.74) is 2.04. The zero-order valence-electron chi connectivity index (χ0n) is 47.3. The largest absolute Gasteiger partial charge is 0.458 e. The van der Waals surface area contributed by atoms with Gasteiger partial charge in [0.05, 0.1) is 53.6 Å². The molecule has 2 aliphatic carbocycles. The van der Waals surface area contributed by atoms with E-state index in [-0.39, 0.29) is 98.4 Å². The first-order valence-corrected chi connectivity index (χ1v) is 28.5. The molecule has 6 N–H and O–H groups in total. The molecule has 0 bridgehead atoms. The highest BCUT2D eigenvalue weighted by Gasteiger charge is 2.47. The molecule has 83 heavy (non-hydrogen) atoms. The predicted octanol–water partition coefficient (Wildman–Crippen LogP) is 3.37. The number of hydrogen-bond acceptors (Lipinski definition) is 15. The number of nitrogens with one attached hydrogen (secondary N) is 5. The van der Waals surface area contributed by atoms with E-state index in [9.17, 15) is 53.1 Å². The van der Waals surface area contributed by atoms with Crippen LogP contribution >= 0.6 is 0 Å². The Labute approximate surface area is 478 Å². The minimum absolute atomic E-state index is 0.0327. The number of esters is 2. The summed E-state index contributed by atoms with van der Waals surface area (Å²) in [7, 11) is 0. The highest BCUT2D eigenvalue weighted by Crippen LogP contribution is 2.47. The summed E-state index contributed by atoms with van der Waals surface area (Å²) in [4.78, 5) is 136. The van der Waals surface area contributed by atoms with Gasteiger partial charge in [0, 0.05) is 54.3 Å². The number of unbranched alkanes of at least 4 members (excludes halogenated alkanes) is 2. The molecule has 9 rings (SSSR count). The Balaban J connectivity index is 0.706. The SMILES string of the molecule is CCC(C)(C)C1CC(=O)N(CCCCCC(=O)NCC(=O)OCC(=O)N[C@@H](Cc2ccccc2)C(=O)NCC(=O)NCO[C@H]2C[C@@H](C(=O)N[C@H]3CCc4c(C)c(F)cc5nc6c(c3c45)Cn3c-6cc4c(c3=O)COC(=O)[C@]4(O)CC)C2)C1=O. The van der Waals surface area contributed by atoms with E-state index in [4.69, 9.17) is 19.2 Å². The van der Waals surface area contributed by atoms with Crippen LogP contribution in [0.15, 0.2) is 47.3 Å². The van der Waals surface area contributed by atoms with Gasteiger partial charge < -0.3 is 50.5 Å². The molecule has 22 nitrogen and oxygen atoms in total. The molecule has 3 aliphatic heterocycles. The van der Waals surface area contributed by atoms with Crippen molar-refractivity contribution in [1.29, 1.82) is 0 Å².